The van der Waals surface area contributed by atoms with Crippen molar-refractivity contribution in [1.29, 1.82) is 0 Å². The summed E-state index contributed by atoms with van der Waals surface area (Å²) in [5, 5.41) is 6.06. The number of nitrogens with zero attached hydrogens (tertiary/aromatic N) is 2. The number of unbranched alkanes of at least 4 members (excludes halogenated alkanes) is 1. The molecule has 1 saturated carbocycles. The van der Waals surface area contributed by atoms with E-state index in [2.05, 4.69) is 37.2 Å². The summed E-state index contributed by atoms with van der Waals surface area (Å²) in [5.41, 5.74) is -0.204. The molecule has 1 aromatic carbocycles. The van der Waals surface area contributed by atoms with E-state index in [1.54, 1.807) is 4.90 Å². The monoisotopic (exact) mass is 588 g/mol. The van der Waals surface area contributed by atoms with Crippen molar-refractivity contribution in [2.45, 2.75) is 103 Å². The third-order valence-electron chi connectivity index (χ3n) is 8.33. The Morgan fingerprint density at radius 3 is 2.39 bits per heavy atom. The van der Waals surface area contributed by atoms with Crippen molar-refractivity contribution in [3.8, 4) is 0 Å². The van der Waals surface area contributed by atoms with Gasteiger partial charge in [-0.25, -0.2) is 14.5 Å². The number of carbonyl (C=O) groups is 3. The van der Waals surface area contributed by atoms with E-state index >= 15 is 0 Å². The Bertz CT molecular complexity index is 1010. The van der Waals surface area contributed by atoms with Crippen LogP contribution in [0.25, 0.3) is 0 Å². The number of hydrogen-bond donors (Lipinski definition) is 2. The molecule has 0 atom stereocenters. The van der Waals surface area contributed by atoms with Crippen LogP contribution in [-0.2, 0) is 20.9 Å². The number of ether oxygens (including phenoxy) is 2. The molecule has 9 nitrogen and oxygen atoms in total. The van der Waals surface area contributed by atoms with Gasteiger partial charge in [-0.1, -0.05) is 63.3 Å². The van der Waals surface area contributed by atoms with Gasteiger partial charge in [-0.15, -0.1) is 0 Å². The van der Waals surface area contributed by atoms with Gasteiger partial charge >= 0.3 is 12.1 Å². The van der Waals surface area contributed by atoms with Gasteiger partial charge in [-0.05, 0) is 57.6 Å². The fourth-order valence-corrected chi connectivity index (χ4v) is 6.22. The molecule has 0 bridgehead atoms. The maximum atomic E-state index is 13.6. The lowest BCUT2D eigenvalue weighted by Gasteiger charge is -2.44. The van der Waals surface area contributed by atoms with Crippen molar-refractivity contribution in [2.24, 2.45) is 5.41 Å². The minimum Gasteiger partial charge on any atom is -0.376 e. The SMILES string of the molecule is CCCCNC(=O)NC1CCC(COCc2ccccc2)(CN2C(=O)N(COCC[Si](C)(C)C)C(=O)C2(C)C)CC1. The van der Waals surface area contributed by atoms with Crippen molar-refractivity contribution in [1.82, 2.24) is 20.4 Å². The summed E-state index contributed by atoms with van der Waals surface area (Å²) in [6.07, 6.45) is 5.13. The fraction of sp³-hybridized carbons (Fsp3) is 0.710. The summed E-state index contributed by atoms with van der Waals surface area (Å²) in [6, 6.07) is 10.7. The zero-order chi connectivity index (χ0) is 30.1. The zero-order valence-electron chi connectivity index (χ0n) is 26.1. The van der Waals surface area contributed by atoms with E-state index in [0.29, 0.717) is 32.9 Å². The number of benzene rings is 1. The maximum absolute atomic E-state index is 13.6. The molecule has 0 radical (unpaired) electrons. The van der Waals surface area contributed by atoms with Crippen molar-refractivity contribution < 1.29 is 23.9 Å². The highest BCUT2D eigenvalue weighted by Crippen LogP contribution is 2.41. The second-order valence-electron chi connectivity index (χ2n) is 13.5. The van der Waals surface area contributed by atoms with Gasteiger partial charge in [0.15, 0.2) is 0 Å². The van der Waals surface area contributed by atoms with Gasteiger partial charge in [0.2, 0.25) is 0 Å². The minimum absolute atomic E-state index is 0.0152. The highest BCUT2D eigenvalue weighted by Gasteiger charge is 2.54. The average molecular weight is 589 g/mol. The molecular weight excluding hydrogens is 536 g/mol. The molecule has 2 N–H and O–H groups in total. The van der Waals surface area contributed by atoms with Crippen LogP contribution in [0.3, 0.4) is 0 Å². The smallest absolute Gasteiger partial charge is 0.329 e. The molecule has 10 heteroatoms. The van der Waals surface area contributed by atoms with E-state index in [1.165, 1.54) is 4.90 Å². The molecule has 1 aromatic rings. The van der Waals surface area contributed by atoms with Crippen LogP contribution < -0.4 is 10.6 Å². The second kappa shape index (κ2) is 14.6. The topological polar surface area (TPSA) is 100 Å². The summed E-state index contributed by atoms with van der Waals surface area (Å²) in [7, 11) is -1.28. The highest BCUT2D eigenvalue weighted by molar-refractivity contribution is 6.76. The summed E-state index contributed by atoms with van der Waals surface area (Å²) in [6.45, 7) is 15.1. The van der Waals surface area contributed by atoms with Gasteiger partial charge in [0.1, 0.15) is 12.3 Å². The molecule has 2 fully saturated rings. The molecule has 1 saturated heterocycles. The molecular formula is C31H52N4O5Si. The van der Waals surface area contributed by atoms with E-state index in [1.807, 2.05) is 44.2 Å². The highest BCUT2D eigenvalue weighted by atomic mass is 28.3. The Balaban J connectivity index is 1.67. The van der Waals surface area contributed by atoms with Crippen LogP contribution in [0.1, 0.15) is 64.9 Å². The van der Waals surface area contributed by atoms with Crippen LogP contribution in [0.2, 0.25) is 25.7 Å². The standard InChI is InChI=1S/C31H52N4O5Si/c1-7-8-18-32-28(37)33-26-14-16-31(17-15-26,23-40-21-25-12-10-9-11-13-25)22-35-29(38)34(27(36)30(35,2)3)24-39-19-20-41(4,5)6/h9-13,26H,7-8,14-24H2,1-6H3,(H2,32,33,37). The first-order valence-electron chi connectivity index (χ1n) is 15.2. The van der Waals surface area contributed by atoms with Gasteiger partial charge < -0.3 is 25.0 Å². The van der Waals surface area contributed by atoms with E-state index in [9.17, 15) is 14.4 Å². The Hall–Kier alpha value is -2.43. The number of rotatable bonds is 15. The van der Waals surface area contributed by atoms with Crippen LogP contribution >= 0.6 is 0 Å². The number of nitrogens with one attached hydrogen (secondary N) is 2. The van der Waals surface area contributed by atoms with Crippen molar-refractivity contribution >= 4 is 26.0 Å². The van der Waals surface area contributed by atoms with Crippen molar-refractivity contribution in [3.63, 3.8) is 0 Å². The summed E-state index contributed by atoms with van der Waals surface area (Å²) in [5.74, 6) is -0.227. The molecule has 1 heterocycles. The molecule has 41 heavy (non-hydrogen) atoms. The van der Waals surface area contributed by atoms with Crippen LogP contribution in [0.4, 0.5) is 9.59 Å². The lowest BCUT2D eigenvalue weighted by molar-refractivity contribution is -0.135. The summed E-state index contributed by atoms with van der Waals surface area (Å²) >= 11 is 0. The lowest BCUT2D eigenvalue weighted by Crippen LogP contribution is -2.53. The largest absolute Gasteiger partial charge is 0.376 e. The van der Waals surface area contributed by atoms with E-state index in [0.717, 1.165) is 50.1 Å². The maximum Gasteiger partial charge on any atom is 0.329 e. The Morgan fingerprint density at radius 1 is 1.07 bits per heavy atom. The van der Waals surface area contributed by atoms with Gasteiger partial charge in [0.25, 0.3) is 5.91 Å². The number of urea groups is 2. The first-order valence-corrected chi connectivity index (χ1v) is 18.9. The molecule has 1 aliphatic heterocycles. The lowest BCUT2D eigenvalue weighted by atomic mass is 9.72. The Kier molecular flexibility index (Phi) is 11.8. The predicted molar refractivity (Wildman–Crippen MR) is 164 cm³/mol. The molecule has 2 aliphatic rings. The van der Waals surface area contributed by atoms with E-state index < -0.39 is 13.6 Å². The molecule has 3 rings (SSSR count). The van der Waals surface area contributed by atoms with Crippen LogP contribution in [0.5, 0.6) is 0 Å². The third-order valence-corrected chi connectivity index (χ3v) is 10.0. The van der Waals surface area contributed by atoms with Gasteiger partial charge in [0.05, 0.1) is 13.2 Å². The summed E-state index contributed by atoms with van der Waals surface area (Å²) in [4.78, 5) is 42.3. The summed E-state index contributed by atoms with van der Waals surface area (Å²) < 4.78 is 12.1. The fourth-order valence-electron chi connectivity index (χ4n) is 5.46. The average Bonchev–Trinajstić information content (AvgIpc) is 3.07. The quantitative estimate of drug-likeness (QED) is 0.158. The first kappa shape index (κ1) is 33.1. The van der Waals surface area contributed by atoms with Gasteiger partial charge in [-0.3, -0.25) is 4.79 Å². The van der Waals surface area contributed by atoms with Crippen molar-refractivity contribution in [2.75, 3.05) is 33.0 Å². The second-order valence-corrected chi connectivity index (χ2v) is 19.1. The number of hydrogen-bond acceptors (Lipinski definition) is 5. The van der Waals surface area contributed by atoms with Gasteiger partial charge in [-0.2, -0.15) is 0 Å². The van der Waals surface area contributed by atoms with Crippen LogP contribution in [0.15, 0.2) is 30.3 Å². The normalized spacial score (nSPS) is 22.7. The van der Waals surface area contributed by atoms with E-state index in [4.69, 9.17) is 9.47 Å². The minimum atomic E-state index is -1.28. The molecule has 1 aliphatic carbocycles. The van der Waals surface area contributed by atoms with Crippen molar-refractivity contribution in [3.05, 3.63) is 35.9 Å². The molecule has 0 spiro atoms. The first-order chi connectivity index (χ1) is 19.4. The van der Waals surface area contributed by atoms with Gasteiger partial charge in [0, 0.05) is 39.2 Å². The Morgan fingerprint density at radius 2 is 1.76 bits per heavy atom. The molecule has 0 unspecified atom stereocenters. The number of carbonyl (C=O) groups excluding carboxylic acids is 3. The van der Waals surface area contributed by atoms with Crippen LogP contribution in [0, 0.1) is 5.41 Å². The Labute approximate surface area is 247 Å². The number of amides is 5. The molecule has 230 valence electrons. The predicted octanol–water partition coefficient (Wildman–Crippen LogP) is 5.59. The zero-order valence-corrected chi connectivity index (χ0v) is 27.1. The van der Waals surface area contributed by atoms with E-state index in [-0.39, 0.29) is 36.2 Å². The van der Waals surface area contributed by atoms with Crippen LogP contribution in [-0.4, -0.2) is 80.5 Å². The molecule has 0 aromatic heterocycles. The number of imide groups is 1. The third kappa shape index (κ3) is 9.54. The molecule has 5 amide bonds.